The largest absolute Gasteiger partial charge is 0.465 e. The molecule has 2 aliphatic rings. The lowest BCUT2D eigenvalue weighted by Gasteiger charge is -2.34. The number of carbonyl (C=O) groups is 2. The van der Waals surface area contributed by atoms with Crippen LogP contribution in [-0.4, -0.2) is 93.9 Å². The number of nitrogens with zero attached hydrogens (tertiary/aromatic N) is 7. The molecule has 3 aromatic rings. The number of fused-ring (bicyclic) bond motifs is 1. The van der Waals surface area contributed by atoms with Gasteiger partial charge in [0.1, 0.15) is 0 Å². The van der Waals surface area contributed by atoms with Crippen molar-refractivity contribution in [1.29, 1.82) is 0 Å². The van der Waals surface area contributed by atoms with Crippen molar-refractivity contribution in [2.45, 2.75) is 0 Å². The predicted octanol–water partition coefficient (Wildman–Crippen LogP) is 1.83. The van der Waals surface area contributed by atoms with E-state index >= 15 is 0 Å². The minimum atomic E-state index is -0.893. The number of carboxylic acid groups (broad SMARTS) is 1. The Labute approximate surface area is 187 Å². The number of para-hydroxylation sites is 1. The number of anilines is 3. The van der Waals surface area contributed by atoms with Crippen LogP contribution in [0.1, 0.15) is 0 Å². The van der Waals surface area contributed by atoms with E-state index in [4.69, 9.17) is 9.63 Å². The summed E-state index contributed by atoms with van der Waals surface area (Å²) in [5.74, 6) is 1.05. The number of urea groups is 1. The fraction of sp³-hybridized carbons (Fsp3) is 0.421. The zero-order valence-corrected chi connectivity index (χ0v) is 18.0. The lowest BCUT2D eigenvalue weighted by Crippen LogP contribution is -2.50. The van der Waals surface area contributed by atoms with Crippen LogP contribution in [0.25, 0.3) is 11.0 Å². The van der Waals surface area contributed by atoms with Crippen LogP contribution >= 0.6 is 11.5 Å². The van der Waals surface area contributed by atoms with Crippen molar-refractivity contribution in [2.24, 2.45) is 0 Å². The molecule has 0 atom stereocenters. The number of carbonyl (C=O) groups excluding carboxylic acids is 1. The second kappa shape index (κ2) is 8.49. The number of hydrogen-bond acceptors (Lipinski definition) is 9. The monoisotopic (exact) mass is 458 g/mol. The van der Waals surface area contributed by atoms with Crippen LogP contribution in [0.4, 0.5) is 26.5 Å². The van der Waals surface area contributed by atoms with Gasteiger partial charge < -0.3 is 29.2 Å². The van der Waals surface area contributed by atoms with Crippen molar-refractivity contribution in [3.63, 3.8) is 0 Å². The molecule has 4 heterocycles. The van der Waals surface area contributed by atoms with Crippen LogP contribution in [0.5, 0.6) is 0 Å². The summed E-state index contributed by atoms with van der Waals surface area (Å²) in [6.07, 6.45) is -0.893. The van der Waals surface area contributed by atoms with Gasteiger partial charge in [0.2, 0.25) is 11.1 Å². The van der Waals surface area contributed by atoms with Crippen LogP contribution in [-0.2, 0) is 0 Å². The lowest BCUT2D eigenvalue weighted by molar-refractivity contribution is 0.142. The first-order valence-corrected chi connectivity index (χ1v) is 11.1. The highest BCUT2D eigenvalue weighted by Crippen LogP contribution is 2.25. The molecule has 2 N–H and O–H groups in total. The highest BCUT2D eigenvalue weighted by molar-refractivity contribution is 7.09. The average molecular weight is 459 g/mol. The van der Waals surface area contributed by atoms with Gasteiger partial charge in [0.05, 0.1) is 5.39 Å². The Bertz CT molecular complexity index is 1120. The molecule has 13 heteroatoms. The smallest absolute Gasteiger partial charge is 0.407 e. The van der Waals surface area contributed by atoms with Crippen LogP contribution in [0, 0.1) is 0 Å². The maximum absolute atomic E-state index is 12.7. The molecule has 2 saturated heterocycles. The summed E-state index contributed by atoms with van der Waals surface area (Å²) in [6, 6.07) is 7.18. The van der Waals surface area contributed by atoms with E-state index in [1.54, 1.807) is 11.0 Å². The van der Waals surface area contributed by atoms with Gasteiger partial charge in [-0.2, -0.15) is 9.36 Å². The van der Waals surface area contributed by atoms with E-state index in [-0.39, 0.29) is 6.03 Å². The molecule has 5 rings (SSSR count). The van der Waals surface area contributed by atoms with Gasteiger partial charge in [0.25, 0.3) is 0 Å². The molecule has 1 aromatic carbocycles. The van der Waals surface area contributed by atoms with Crippen LogP contribution in [0.2, 0.25) is 0 Å². The summed E-state index contributed by atoms with van der Waals surface area (Å²) >= 11 is 1.32. The van der Waals surface area contributed by atoms with E-state index < -0.39 is 6.09 Å². The molecule has 0 aliphatic carbocycles. The number of nitrogens with one attached hydrogen (secondary N) is 1. The number of rotatable bonds is 3. The predicted molar refractivity (Wildman–Crippen MR) is 119 cm³/mol. The maximum Gasteiger partial charge on any atom is 0.407 e. The van der Waals surface area contributed by atoms with Gasteiger partial charge in [0.15, 0.2) is 11.4 Å². The molecule has 32 heavy (non-hydrogen) atoms. The van der Waals surface area contributed by atoms with E-state index in [1.807, 2.05) is 23.1 Å². The molecule has 0 unspecified atom stereocenters. The summed E-state index contributed by atoms with van der Waals surface area (Å²) in [4.78, 5) is 35.6. The van der Waals surface area contributed by atoms with Crippen molar-refractivity contribution >= 4 is 51.5 Å². The molecule has 0 bridgehead atoms. The van der Waals surface area contributed by atoms with Gasteiger partial charge in [-0.25, -0.2) is 9.59 Å². The second-order valence-corrected chi connectivity index (χ2v) is 8.30. The first-order chi connectivity index (χ1) is 15.6. The highest BCUT2D eigenvalue weighted by atomic mass is 32.1. The summed E-state index contributed by atoms with van der Waals surface area (Å²) in [5, 5.41) is 17.4. The van der Waals surface area contributed by atoms with Gasteiger partial charge in [0, 0.05) is 63.9 Å². The fourth-order valence-electron chi connectivity index (χ4n) is 3.82. The number of benzene rings is 1. The molecule has 3 amide bonds. The van der Waals surface area contributed by atoms with Gasteiger partial charge in [-0.05, 0) is 12.1 Å². The number of aromatic nitrogens is 3. The van der Waals surface area contributed by atoms with E-state index in [2.05, 4.69) is 24.7 Å². The molecular weight excluding hydrogens is 436 g/mol. The Hall–Kier alpha value is -3.61. The molecule has 2 fully saturated rings. The third-order valence-corrected chi connectivity index (χ3v) is 6.45. The molecule has 2 aliphatic heterocycles. The topological polar surface area (TPSA) is 131 Å². The van der Waals surface area contributed by atoms with Gasteiger partial charge in [-0.1, -0.05) is 17.3 Å². The van der Waals surface area contributed by atoms with Gasteiger partial charge in [-0.15, -0.1) is 0 Å². The van der Waals surface area contributed by atoms with Crippen LogP contribution < -0.4 is 15.1 Å². The molecule has 0 saturated carbocycles. The standard InChI is InChI=1S/C19H22N8O4S/c28-17(20-15-13-3-1-2-4-14(13)31-22-15)25-7-9-26(10-8-25)18-21-16(23-32-18)24-5-11-27(12-6-24)19(29)30/h1-4H,5-12H2,(H,29,30)(H,20,22,28). The second-order valence-electron chi connectivity index (χ2n) is 7.57. The maximum atomic E-state index is 12.7. The number of amides is 3. The van der Waals surface area contributed by atoms with Gasteiger partial charge >= 0.3 is 12.1 Å². The van der Waals surface area contributed by atoms with E-state index in [9.17, 15) is 9.59 Å². The number of piperazine rings is 2. The highest BCUT2D eigenvalue weighted by Gasteiger charge is 2.27. The Morgan fingerprint density at radius 1 is 0.969 bits per heavy atom. The van der Waals surface area contributed by atoms with Crippen molar-refractivity contribution in [1.82, 2.24) is 24.3 Å². The SMILES string of the molecule is O=C(O)N1CCN(c2nsc(N3CCN(C(=O)Nc4noc5ccccc45)CC3)n2)CC1. The quantitative estimate of drug-likeness (QED) is 0.603. The van der Waals surface area contributed by atoms with Crippen molar-refractivity contribution < 1.29 is 19.2 Å². The first kappa shape index (κ1) is 20.3. The zero-order valence-electron chi connectivity index (χ0n) is 17.2. The fourth-order valence-corrected chi connectivity index (χ4v) is 4.56. The summed E-state index contributed by atoms with van der Waals surface area (Å²) in [5.41, 5.74) is 0.629. The Morgan fingerprint density at radius 2 is 1.66 bits per heavy atom. The molecule has 0 spiro atoms. The third kappa shape index (κ3) is 3.98. The molecule has 0 radical (unpaired) electrons. The van der Waals surface area contributed by atoms with Crippen molar-refractivity contribution in [3.8, 4) is 0 Å². The summed E-state index contributed by atoms with van der Waals surface area (Å²) in [7, 11) is 0. The Morgan fingerprint density at radius 3 is 2.41 bits per heavy atom. The Balaban J connectivity index is 1.15. The summed E-state index contributed by atoms with van der Waals surface area (Å²) < 4.78 is 9.70. The minimum Gasteiger partial charge on any atom is -0.465 e. The zero-order chi connectivity index (χ0) is 22.1. The van der Waals surface area contributed by atoms with Crippen molar-refractivity contribution in [3.05, 3.63) is 24.3 Å². The molecular formula is C19H22N8O4S. The van der Waals surface area contributed by atoms with E-state index in [0.29, 0.717) is 69.7 Å². The van der Waals surface area contributed by atoms with Gasteiger partial charge in [-0.3, -0.25) is 5.32 Å². The van der Waals surface area contributed by atoms with E-state index in [0.717, 1.165) is 10.5 Å². The van der Waals surface area contributed by atoms with Crippen LogP contribution in [0.3, 0.4) is 0 Å². The first-order valence-electron chi connectivity index (χ1n) is 10.3. The molecule has 168 valence electrons. The minimum absolute atomic E-state index is 0.210. The Kier molecular flexibility index (Phi) is 5.39. The average Bonchev–Trinajstić information content (AvgIpc) is 3.47. The van der Waals surface area contributed by atoms with Crippen LogP contribution in [0.15, 0.2) is 28.8 Å². The lowest BCUT2D eigenvalue weighted by atomic mass is 10.2. The number of hydrogen-bond donors (Lipinski definition) is 2. The normalized spacial score (nSPS) is 17.1. The summed E-state index contributed by atoms with van der Waals surface area (Å²) in [6.45, 7) is 4.43. The molecule has 12 nitrogen and oxygen atoms in total. The third-order valence-electron chi connectivity index (χ3n) is 5.68. The molecule has 2 aromatic heterocycles. The van der Waals surface area contributed by atoms with Crippen molar-refractivity contribution in [2.75, 3.05) is 67.5 Å². The van der Waals surface area contributed by atoms with E-state index in [1.165, 1.54) is 16.4 Å².